The van der Waals surface area contributed by atoms with Gasteiger partial charge in [0.1, 0.15) is 0 Å². The lowest BCUT2D eigenvalue weighted by atomic mass is 10.4. The maximum atomic E-state index is 8.74. The van der Waals surface area contributed by atoms with Gasteiger partial charge in [0, 0.05) is 5.25 Å². The molecule has 0 aliphatic heterocycles. The Kier molecular flexibility index (Phi) is 9.57. The van der Waals surface area contributed by atoms with Crippen LogP contribution in [-0.2, 0) is 0 Å². The Morgan fingerprint density at radius 1 is 1.42 bits per heavy atom. The highest BCUT2D eigenvalue weighted by molar-refractivity contribution is 7.99. The lowest BCUT2D eigenvalue weighted by molar-refractivity contribution is 0.300. The first-order chi connectivity index (χ1) is 5.81. The molecule has 0 saturated heterocycles. The van der Waals surface area contributed by atoms with Crippen molar-refractivity contribution in [1.82, 2.24) is 5.32 Å². The van der Waals surface area contributed by atoms with Gasteiger partial charge in [-0.15, -0.1) is 0 Å². The van der Waals surface area contributed by atoms with Crippen molar-refractivity contribution in [2.24, 2.45) is 0 Å². The van der Waals surface area contributed by atoms with E-state index in [1.54, 1.807) is 0 Å². The molecule has 0 radical (unpaired) electrons. The Labute approximate surface area is 80.1 Å². The highest BCUT2D eigenvalue weighted by Crippen LogP contribution is 2.09. The molecule has 12 heavy (non-hydrogen) atoms. The minimum atomic E-state index is 0.299. The van der Waals surface area contributed by atoms with E-state index in [4.69, 9.17) is 5.11 Å². The first kappa shape index (κ1) is 12.3. The summed E-state index contributed by atoms with van der Waals surface area (Å²) in [5.41, 5.74) is 0. The second-order valence-corrected chi connectivity index (χ2v) is 4.51. The van der Waals surface area contributed by atoms with Gasteiger partial charge in [-0.2, -0.15) is 11.8 Å². The van der Waals surface area contributed by atoms with Crippen molar-refractivity contribution in [2.45, 2.75) is 31.9 Å². The largest absolute Gasteiger partial charge is 0.395 e. The summed E-state index contributed by atoms with van der Waals surface area (Å²) in [6.45, 7) is 6.77. The summed E-state index contributed by atoms with van der Waals surface area (Å²) in [5.74, 6) is 1.15. The Hall–Kier alpha value is 0.270. The standard InChI is InChI=1S/C9H21NOS/c1-3-5-10-6-4-7-12-9(2)8-11/h9-11H,3-8H2,1-2H3. The molecule has 0 rings (SSSR count). The number of rotatable bonds is 8. The number of hydrogen-bond acceptors (Lipinski definition) is 3. The molecule has 0 aromatic carbocycles. The maximum Gasteiger partial charge on any atom is 0.0547 e. The molecular formula is C9H21NOS. The highest BCUT2D eigenvalue weighted by Gasteiger charge is 1.98. The molecule has 1 unspecified atom stereocenters. The fraction of sp³-hybridized carbons (Fsp3) is 1.00. The van der Waals surface area contributed by atoms with Crippen molar-refractivity contribution in [3.05, 3.63) is 0 Å². The molecule has 3 heteroatoms. The van der Waals surface area contributed by atoms with Crippen LogP contribution < -0.4 is 5.32 Å². The molecule has 0 aromatic rings. The van der Waals surface area contributed by atoms with Crippen LogP contribution in [0.1, 0.15) is 26.7 Å². The molecule has 0 aromatic heterocycles. The third-order valence-corrected chi connectivity index (χ3v) is 2.83. The first-order valence-electron chi connectivity index (χ1n) is 4.74. The van der Waals surface area contributed by atoms with Gasteiger partial charge in [0.25, 0.3) is 0 Å². The SMILES string of the molecule is CCCNCCCSC(C)CO. The zero-order valence-electron chi connectivity index (χ0n) is 8.18. The minimum Gasteiger partial charge on any atom is -0.395 e. The van der Waals surface area contributed by atoms with E-state index in [0.29, 0.717) is 11.9 Å². The van der Waals surface area contributed by atoms with Gasteiger partial charge >= 0.3 is 0 Å². The molecule has 2 nitrogen and oxygen atoms in total. The van der Waals surface area contributed by atoms with Crippen LogP contribution in [0.3, 0.4) is 0 Å². The van der Waals surface area contributed by atoms with Gasteiger partial charge in [0.2, 0.25) is 0 Å². The smallest absolute Gasteiger partial charge is 0.0547 e. The van der Waals surface area contributed by atoms with E-state index in [2.05, 4.69) is 19.2 Å². The summed E-state index contributed by atoms with van der Waals surface area (Å²) in [4.78, 5) is 0. The van der Waals surface area contributed by atoms with Gasteiger partial charge in [-0.3, -0.25) is 0 Å². The number of nitrogens with one attached hydrogen (secondary N) is 1. The average molecular weight is 191 g/mol. The van der Waals surface area contributed by atoms with Gasteiger partial charge in [-0.05, 0) is 31.7 Å². The summed E-state index contributed by atoms with van der Waals surface area (Å²) >= 11 is 1.84. The molecule has 0 aliphatic rings. The third kappa shape index (κ3) is 8.37. The molecule has 0 fully saturated rings. The Morgan fingerprint density at radius 3 is 2.75 bits per heavy atom. The zero-order valence-corrected chi connectivity index (χ0v) is 8.99. The van der Waals surface area contributed by atoms with E-state index in [1.807, 2.05) is 11.8 Å². The van der Waals surface area contributed by atoms with Crippen LogP contribution in [0, 0.1) is 0 Å². The lowest BCUT2D eigenvalue weighted by Crippen LogP contribution is -2.16. The van der Waals surface area contributed by atoms with Gasteiger partial charge in [-0.1, -0.05) is 13.8 Å². The Balaban J connectivity index is 2.90. The van der Waals surface area contributed by atoms with Gasteiger partial charge in [0.05, 0.1) is 6.61 Å². The van der Waals surface area contributed by atoms with E-state index in [9.17, 15) is 0 Å². The van der Waals surface area contributed by atoms with E-state index < -0.39 is 0 Å². The van der Waals surface area contributed by atoms with Crippen LogP contribution in [0.25, 0.3) is 0 Å². The quantitative estimate of drug-likeness (QED) is 0.570. The van der Waals surface area contributed by atoms with Crippen LogP contribution in [-0.4, -0.2) is 35.8 Å². The second-order valence-electron chi connectivity index (χ2n) is 2.97. The van der Waals surface area contributed by atoms with E-state index in [0.717, 1.165) is 18.8 Å². The summed E-state index contributed by atoms with van der Waals surface area (Å²) < 4.78 is 0. The predicted molar refractivity (Wildman–Crippen MR) is 56.8 cm³/mol. The molecule has 2 N–H and O–H groups in total. The normalized spacial score (nSPS) is 13.2. The van der Waals surface area contributed by atoms with E-state index in [-0.39, 0.29) is 0 Å². The van der Waals surface area contributed by atoms with E-state index in [1.165, 1.54) is 12.8 Å². The van der Waals surface area contributed by atoms with Crippen molar-refractivity contribution in [1.29, 1.82) is 0 Å². The van der Waals surface area contributed by atoms with Crippen LogP contribution >= 0.6 is 11.8 Å². The first-order valence-corrected chi connectivity index (χ1v) is 5.79. The zero-order chi connectivity index (χ0) is 9.23. The Morgan fingerprint density at radius 2 is 2.17 bits per heavy atom. The fourth-order valence-electron chi connectivity index (χ4n) is 0.836. The van der Waals surface area contributed by atoms with Crippen molar-refractivity contribution < 1.29 is 5.11 Å². The van der Waals surface area contributed by atoms with Crippen LogP contribution in [0.15, 0.2) is 0 Å². The van der Waals surface area contributed by atoms with Crippen LogP contribution in [0.2, 0.25) is 0 Å². The molecule has 74 valence electrons. The maximum absolute atomic E-state index is 8.74. The highest BCUT2D eigenvalue weighted by atomic mass is 32.2. The van der Waals surface area contributed by atoms with Crippen LogP contribution in [0.4, 0.5) is 0 Å². The topological polar surface area (TPSA) is 32.3 Å². The molecule has 0 aliphatic carbocycles. The Bertz CT molecular complexity index is 90.6. The summed E-state index contributed by atoms with van der Waals surface area (Å²) in [6, 6.07) is 0. The predicted octanol–water partition coefficient (Wildman–Crippen LogP) is 1.49. The van der Waals surface area contributed by atoms with Crippen molar-refractivity contribution in [3.63, 3.8) is 0 Å². The average Bonchev–Trinajstić information content (AvgIpc) is 2.10. The van der Waals surface area contributed by atoms with Crippen molar-refractivity contribution >= 4 is 11.8 Å². The molecule has 0 heterocycles. The van der Waals surface area contributed by atoms with Gasteiger partial charge < -0.3 is 10.4 Å². The van der Waals surface area contributed by atoms with Gasteiger partial charge in [0.15, 0.2) is 0 Å². The van der Waals surface area contributed by atoms with Gasteiger partial charge in [-0.25, -0.2) is 0 Å². The van der Waals surface area contributed by atoms with Crippen LogP contribution in [0.5, 0.6) is 0 Å². The monoisotopic (exact) mass is 191 g/mol. The number of thioether (sulfide) groups is 1. The molecule has 0 saturated carbocycles. The van der Waals surface area contributed by atoms with Crippen molar-refractivity contribution in [3.8, 4) is 0 Å². The summed E-state index contributed by atoms with van der Waals surface area (Å²) in [6.07, 6.45) is 2.41. The summed E-state index contributed by atoms with van der Waals surface area (Å²) in [5, 5.41) is 12.5. The number of aliphatic hydroxyl groups excluding tert-OH is 1. The van der Waals surface area contributed by atoms with E-state index >= 15 is 0 Å². The number of aliphatic hydroxyl groups is 1. The molecule has 0 amide bonds. The molecule has 1 atom stereocenters. The number of hydrogen-bond donors (Lipinski definition) is 2. The third-order valence-electron chi connectivity index (χ3n) is 1.58. The molecule has 0 spiro atoms. The lowest BCUT2D eigenvalue weighted by Gasteiger charge is -2.07. The fourth-order valence-corrected chi connectivity index (χ4v) is 1.65. The molecular weight excluding hydrogens is 170 g/mol. The molecule has 0 bridgehead atoms. The summed E-state index contributed by atoms with van der Waals surface area (Å²) in [7, 11) is 0. The minimum absolute atomic E-state index is 0.299. The second kappa shape index (κ2) is 9.36. The van der Waals surface area contributed by atoms with Crippen molar-refractivity contribution in [2.75, 3.05) is 25.4 Å².